The number of hydrogen-bond acceptors (Lipinski definition) is 2. The molecule has 3 nitrogen and oxygen atoms in total. The van der Waals surface area contributed by atoms with E-state index in [-0.39, 0.29) is 44.5 Å². The summed E-state index contributed by atoms with van der Waals surface area (Å²) in [5.41, 5.74) is 0. The monoisotopic (exact) mass is 301 g/mol. The van der Waals surface area contributed by atoms with Crippen molar-refractivity contribution in [2.24, 2.45) is 5.92 Å². The van der Waals surface area contributed by atoms with E-state index in [4.69, 9.17) is 0 Å². The van der Waals surface area contributed by atoms with E-state index >= 15 is 0 Å². The Morgan fingerprint density at radius 1 is 1.12 bits per heavy atom. The Bertz CT molecular complexity index is 205. The van der Waals surface area contributed by atoms with Gasteiger partial charge in [-0.15, -0.1) is 0 Å². The first-order valence-electron chi connectivity index (χ1n) is 5.66. The smallest absolute Gasteiger partial charge is 0.135 e. The molecule has 0 aromatic rings. The number of carbonyl (C=O) groups excluding carboxylic acids is 2. The van der Waals surface area contributed by atoms with E-state index in [1.807, 2.05) is 13.8 Å². The molecule has 1 radical (unpaired) electrons. The van der Waals surface area contributed by atoms with Crippen LogP contribution in [0.4, 0.5) is 0 Å². The normalized spacial score (nSPS) is 9.69. The van der Waals surface area contributed by atoms with Crippen LogP contribution in [-0.4, -0.2) is 18.2 Å². The van der Waals surface area contributed by atoms with Crippen LogP contribution in [0.15, 0.2) is 0 Å². The Morgan fingerprint density at radius 3 is 2.19 bits per heavy atom. The fraction of sp³-hybridized carbons (Fsp3) is 0.750. The molecule has 0 rings (SSSR count). The SMILES string of the molecule is [CH2-]C(=O)NCCCCCCC(=O)C(C)C.[Y]. The van der Waals surface area contributed by atoms with Crippen molar-refractivity contribution in [2.75, 3.05) is 6.54 Å². The minimum atomic E-state index is -0.218. The molecule has 0 aromatic carbocycles. The quantitative estimate of drug-likeness (QED) is 0.551. The van der Waals surface area contributed by atoms with Crippen molar-refractivity contribution in [3.63, 3.8) is 0 Å². The van der Waals surface area contributed by atoms with Crippen molar-refractivity contribution in [1.29, 1.82) is 0 Å². The number of Topliss-reactive ketones (excluding diaryl/α,β-unsaturated/α-hetero) is 1. The summed E-state index contributed by atoms with van der Waals surface area (Å²) in [6, 6.07) is 0. The van der Waals surface area contributed by atoms with Gasteiger partial charge in [-0.05, 0) is 12.8 Å². The molecule has 1 N–H and O–H groups in total. The fourth-order valence-corrected chi connectivity index (χ4v) is 1.29. The first-order valence-corrected chi connectivity index (χ1v) is 5.66. The second kappa shape index (κ2) is 11.6. The number of unbranched alkanes of at least 4 members (excludes halogenated alkanes) is 3. The number of ketones is 1. The number of hydrogen-bond donors (Lipinski definition) is 1. The van der Waals surface area contributed by atoms with Crippen LogP contribution in [0, 0.1) is 12.8 Å². The van der Waals surface area contributed by atoms with Crippen molar-refractivity contribution >= 4 is 11.7 Å². The average Bonchev–Trinajstić information content (AvgIpc) is 2.15. The van der Waals surface area contributed by atoms with Crippen LogP contribution in [0.3, 0.4) is 0 Å². The van der Waals surface area contributed by atoms with Crippen LogP contribution < -0.4 is 5.32 Å². The van der Waals surface area contributed by atoms with Gasteiger partial charge >= 0.3 is 0 Å². The minimum absolute atomic E-state index is 0. The van der Waals surface area contributed by atoms with Gasteiger partial charge in [0.2, 0.25) is 0 Å². The van der Waals surface area contributed by atoms with E-state index in [2.05, 4.69) is 12.2 Å². The van der Waals surface area contributed by atoms with Gasteiger partial charge in [0.25, 0.3) is 0 Å². The Balaban J connectivity index is 0. The summed E-state index contributed by atoms with van der Waals surface area (Å²) in [6.07, 6.45) is 4.75. The third-order valence-corrected chi connectivity index (χ3v) is 2.32. The van der Waals surface area contributed by atoms with Gasteiger partial charge in [0, 0.05) is 51.6 Å². The molecule has 0 unspecified atom stereocenters. The second-order valence-corrected chi connectivity index (χ2v) is 4.14. The van der Waals surface area contributed by atoms with Gasteiger partial charge in [0.15, 0.2) is 0 Å². The maximum Gasteiger partial charge on any atom is 0.135 e. The molecular weight excluding hydrogens is 279 g/mol. The molecule has 0 fully saturated rings. The molecule has 16 heavy (non-hydrogen) atoms. The van der Waals surface area contributed by atoms with E-state index in [1.54, 1.807) is 0 Å². The van der Waals surface area contributed by atoms with Gasteiger partial charge in [0.05, 0.1) is 5.91 Å². The molecule has 0 aliphatic rings. The second-order valence-electron chi connectivity index (χ2n) is 4.14. The van der Waals surface area contributed by atoms with Crippen LogP contribution in [0.2, 0.25) is 0 Å². The van der Waals surface area contributed by atoms with Crippen LogP contribution in [-0.2, 0) is 42.3 Å². The molecule has 0 saturated heterocycles. The fourth-order valence-electron chi connectivity index (χ4n) is 1.29. The van der Waals surface area contributed by atoms with Crippen molar-refractivity contribution in [3.05, 3.63) is 6.92 Å². The molecule has 0 saturated carbocycles. The first kappa shape index (κ1) is 18.5. The van der Waals surface area contributed by atoms with Gasteiger partial charge in [-0.3, -0.25) is 4.79 Å². The van der Waals surface area contributed by atoms with Gasteiger partial charge < -0.3 is 17.0 Å². The maximum absolute atomic E-state index is 11.3. The Kier molecular flexibility index (Phi) is 13.4. The first-order chi connectivity index (χ1) is 7.04. The maximum atomic E-state index is 11.3. The zero-order valence-electron chi connectivity index (χ0n) is 10.4. The van der Waals surface area contributed by atoms with Crippen molar-refractivity contribution < 1.29 is 42.3 Å². The topological polar surface area (TPSA) is 46.2 Å². The number of carbonyl (C=O) groups is 2. The number of amides is 1. The zero-order valence-corrected chi connectivity index (χ0v) is 13.3. The molecule has 0 heterocycles. The summed E-state index contributed by atoms with van der Waals surface area (Å²) in [6.45, 7) is 7.79. The average molecular weight is 301 g/mol. The summed E-state index contributed by atoms with van der Waals surface area (Å²) in [5, 5.41) is 2.65. The predicted molar refractivity (Wildman–Crippen MR) is 61.3 cm³/mol. The summed E-state index contributed by atoms with van der Waals surface area (Å²) in [4.78, 5) is 21.7. The molecule has 0 bridgehead atoms. The molecule has 0 atom stereocenters. The summed E-state index contributed by atoms with van der Waals surface area (Å²) in [5.74, 6) is 0.293. The Hall–Kier alpha value is 0.114. The molecule has 0 aliphatic carbocycles. The van der Waals surface area contributed by atoms with E-state index in [0.29, 0.717) is 18.7 Å². The van der Waals surface area contributed by atoms with Crippen LogP contribution in [0.1, 0.15) is 46.0 Å². The molecule has 0 aromatic heterocycles. The molecular formula is C12H22NO2Y-. The van der Waals surface area contributed by atoms with Gasteiger partial charge in [-0.2, -0.15) is 0 Å². The summed E-state index contributed by atoms with van der Waals surface area (Å²) >= 11 is 0. The van der Waals surface area contributed by atoms with E-state index in [1.165, 1.54) is 0 Å². The predicted octanol–water partition coefficient (Wildman–Crippen LogP) is 2.11. The third-order valence-electron chi connectivity index (χ3n) is 2.32. The Labute approximate surface area is 124 Å². The summed E-state index contributed by atoms with van der Waals surface area (Å²) in [7, 11) is 0. The van der Waals surface area contributed by atoms with Crippen molar-refractivity contribution in [1.82, 2.24) is 5.32 Å². The molecule has 0 spiro atoms. The van der Waals surface area contributed by atoms with Crippen molar-refractivity contribution in [3.8, 4) is 0 Å². The van der Waals surface area contributed by atoms with Gasteiger partial charge in [-0.25, -0.2) is 0 Å². The van der Waals surface area contributed by atoms with Gasteiger partial charge in [-0.1, -0.05) is 26.7 Å². The van der Waals surface area contributed by atoms with Gasteiger partial charge in [0.1, 0.15) is 5.78 Å². The third kappa shape index (κ3) is 12.2. The van der Waals surface area contributed by atoms with Crippen LogP contribution in [0.25, 0.3) is 0 Å². The standard InChI is InChI=1S/C12H22NO2.Y/c1-10(2)12(15)8-6-4-5-7-9-13-11(3)14;/h10H,3-9H2,1-2H3,(H,13,14);/q-1;. The molecule has 4 heteroatoms. The summed E-state index contributed by atoms with van der Waals surface area (Å²) < 4.78 is 0. The molecule has 1 amide bonds. The zero-order chi connectivity index (χ0) is 11.7. The van der Waals surface area contributed by atoms with Crippen LogP contribution >= 0.6 is 0 Å². The van der Waals surface area contributed by atoms with Crippen LogP contribution in [0.5, 0.6) is 0 Å². The molecule has 0 aliphatic heterocycles. The van der Waals surface area contributed by atoms with E-state index in [9.17, 15) is 9.59 Å². The van der Waals surface area contributed by atoms with E-state index < -0.39 is 0 Å². The minimum Gasteiger partial charge on any atom is -0.381 e. The van der Waals surface area contributed by atoms with E-state index in [0.717, 1.165) is 25.7 Å². The molecule has 91 valence electrons. The Morgan fingerprint density at radius 2 is 1.69 bits per heavy atom. The largest absolute Gasteiger partial charge is 0.381 e. The number of rotatable bonds is 8. The number of nitrogens with one attached hydrogen (secondary N) is 1. The van der Waals surface area contributed by atoms with Crippen molar-refractivity contribution in [2.45, 2.75) is 46.0 Å².